The van der Waals surface area contributed by atoms with E-state index in [1.807, 2.05) is 42.5 Å². The molecule has 8 rings (SSSR count). The number of amides is 1. The van der Waals surface area contributed by atoms with Crippen molar-refractivity contribution in [2.24, 2.45) is 11.8 Å². The van der Waals surface area contributed by atoms with Crippen LogP contribution in [0.15, 0.2) is 66.7 Å². The number of hydrogen-bond acceptors (Lipinski definition) is 5. The Morgan fingerprint density at radius 1 is 0.902 bits per heavy atom. The molecule has 41 heavy (non-hydrogen) atoms. The van der Waals surface area contributed by atoms with E-state index in [0.29, 0.717) is 34.8 Å². The fraction of sp³-hybridized carbons (Fsp3) is 0.294. The molecule has 0 unspecified atom stereocenters. The molecule has 1 fully saturated rings. The Kier molecular flexibility index (Phi) is 5.18. The van der Waals surface area contributed by atoms with Gasteiger partial charge in [0.05, 0.1) is 33.1 Å². The van der Waals surface area contributed by atoms with Crippen LogP contribution in [0.1, 0.15) is 61.9 Å². The number of H-pyrrole nitrogens is 1. The highest BCUT2D eigenvalue weighted by atomic mass is 16.5. The maximum atomic E-state index is 13.3. The Bertz CT molecular complexity index is 1990. The van der Waals surface area contributed by atoms with Crippen LogP contribution in [0, 0.1) is 11.8 Å². The van der Waals surface area contributed by atoms with Gasteiger partial charge in [0.2, 0.25) is 5.95 Å². The molecule has 0 radical (unpaired) electrons. The minimum Gasteiger partial charge on any atom is -0.487 e. The lowest BCUT2D eigenvalue weighted by Crippen LogP contribution is -2.46. The lowest BCUT2D eigenvalue weighted by atomic mass is 9.64. The number of nitrogens with one attached hydrogen (secondary N) is 2. The molecule has 1 aliphatic heterocycles. The first-order valence-corrected chi connectivity index (χ1v) is 14.5. The fourth-order valence-electron chi connectivity index (χ4n) is 7.23. The standard InChI is InChI=1S/C34H31N5O2/c1-18-12-14-23-22(16-18)28-30-29(20-8-4-5-9-21(20)31(28)41-34(23,2)3)35-26-15-13-19(17-27(26)36-30)32(40)39-33-37-24-10-6-7-11-25(24)38-33/h4-11,13,15,17-18,22-23H,12,14,16H2,1-3H3,(H2,37,38,39,40)/t18-,22-,23-/m0/s1. The molecule has 1 amide bonds. The van der Waals surface area contributed by atoms with Crippen molar-refractivity contribution in [3.8, 4) is 5.75 Å². The van der Waals surface area contributed by atoms with Gasteiger partial charge in [0.25, 0.3) is 5.91 Å². The van der Waals surface area contributed by atoms with Crippen LogP contribution in [0.4, 0.5) is 5.95 Å². The van der Waals surface area contributed by atoms with E-state index in [-0.39, 0.29) is 11.5 Å². The van der Waals surface area contributed by atoms with Crippen molar-refractivity contribution in [3.63, 3.8) is 0 Å². The largest absolute Gasteiger partial charge is 0.487 e. The van der Waals surface area contributed by atoms with Crippen molar-refractivity contribution in [2.75, 3.05) is 5.32 Å². The molecule has 0 saturated heterocycles. The molecule has 2 N–H and O–H groups in total. The van der Waals surface area contributed by atoms with E-state index < -0.39 is 0 Å². The number of hydrogen-bond donors (Lipinski definition) is 2. The van der Waals surface area contributed by atoms with Gasteiger partial charge in [-0.25, -0.2) is 15.0 Å². The van der Waals surface area contributed by atoms with Crippen LogP contribution in [0.25, 0.3) is 43.9 Å². The van der Waals surface area contributed by atoms with Crippen LogP contribution in [0.3, 0.4) is 0 Å². The molecule has 0 bridgehead atoms. The quantitative estimate of drug-likeness (QED) is 0.173. The van der Waals surface area contributed by atoms with Crippen LogP contribution in [-0.4, -0.2) is 31.4 Å². The minimum atomic E-state index is -0.263. The first kappa shape index (κ1) is 24.3. The number of ether oxygens (including phenoxy) is 1. The van der Waals surface area contributed by atoms with Gasteiger partial charge in [-0.2, -0.15) is 0 Å². The molecule has 2 aliphatic rings. The van der Waals surface area contributed by atoms with E-state index in [9.17, 15) is 4.79 Å². The van der Waals surface area contributed by atoms with E-state index in [4.69, 9.17) is 14.7 Å². The average Bonchev–Trinajstić information content (AvgIpc) is 3.38. The number of rotatable bonds is 2. The molecule has 1 aliphatic carbocycles. The molecule has 3 atom stereocenters. The third kappa shape index (κ3) is 3.79. The zero-order chi connectivity index (χ0) is 27.9. The number of para-hydroxylation sites is 2. The summed E-state index contributed by atoms with van der Waals surface area (Å²) in [6.07, 6.45) is 3.46. The number of nitrogens with zero attached hydrogens (tertiary/aromatic N) is 3. The molecule has 204 valence electrons. The van der Waals surface area contributed by atoms with Gasteiger partial charge >= 0.3 is 0 Å². The Balaban J connectivity index is 1.29. The zero-order valence-corrected chi connectivity index (χ0v) is 23.4. The first-order valence-electron chi connectivity index (χ1n) is 14.5. The van der Waals surface area contributed by atoms with E-state index in [2.05, 4.69) is 54.3 Å². The topological polar surface area (TPSA) is 92.8 Å². The fourth-order valence-corrected chi connectivity index (χ4v) is 7.23. The Labute approximate surface area is 237 Å². The lowest BCUT2D eigenvalue weighted by molar-refractivity contribution is -0.0115. The molecule has 3 heterocycles. The number of carbonyl (C=O) groups is 1. The Morgan fingerprint density at radius 2 is 1.68 bits per heavy atom. The van der Waals surface area contributed by atoms with Crippen molar-refractivity contribution in [2.45, 2.75) is 51.6 Å². The van der Waals surface area contributed by atoms with Crippen LogP contribution >= 0.6 is 0 Å². The maximum absolute atomic E-state index is 13.3. The number of imidazole rings is 1. The summed E-state index contributed by atoms with van der Waals surface area (Å²) in [6.45, 7) is 6.83. The Hall–Kier alpha value is -4.52. The summed E-state index contributed by atoms with van der Waals surface area (Å²) in [5.74, 6) is 2.51. The third-order valence-corrected chi connectivity index (χ3v) is 9.22. The average molecular weight is 542 g/mol. The van der Waals surface area contributed by atoms with Gasteiger partial charge in [-0.15, -0.1) is 0 Å². The predicted octanol–water partition coefficient (Wildman–Crippen LogP) is 7.76. The molecule has 1 saturated carbocycles. The summed E-state index contributed by atoms with van der Waals surface area (Å²) in [6, 6.07) is 21.6. The number of aromatic nitrogens is 4. The third-order valence-electron chi connectivity index (χ3n) is 9.22. The molecular formula is C34H31N5O2. The molecule has 7 heteroatoms. The van der Waals surface area contributed by atoms with Gasteiger partial charge in [0.1, 0.15) is 11.4 Å². The van der Waals surface area contributed by atoms with Crippen LogP contribution in [-0.2, 0) is 0 Å². The second-order valence-corrected chi connectivity index (χ2v) is 12.3. The van der Waals surface area contributed by atoms with Gasteiger partial charge in [-0.05, 0) is 68.9 Å². The SMILES string of the molecule is C[C@H]1CC[C@H]2[C@H](C1)c1c(c3ccccc3c3nc4ccc(C(=O)Nc5nc6ccccc6[nH]5)cc4nc13)OC2(C)C. The molecule has 6 aromatic rings. The minimum absolute atomic E-state index is 0.250. The van der Waals surface area contributed by atoms with Gasteiger partial charge in [-0.3, -0.25) is 10.1 Å². The predicted molar refractivity (Wildman–Crippen MR) is 163 cm³/mol. The maximum Gasteiger partial charge on any atom is 0.258 e. The van der Waals surface area contributed by atoms with Gasteiger partial charge < -0.3 is 9.72 Å². The van der Waals surface area contributed by atoms with E-state index in [1.54, 1.807) is 6.07 Å². The first-order chi connectivity index (χ1) is 19.9. The normalized spacial score (nSPS) is 21.5. The van der Waals surface area contributed by atoms with Gasteiger partial charge in [-0.1, -0.05) is 49.7 Å². The van der Waals surface area contributed by atoms with Crippen molar-refractivity contribution in [1.29, 1.82) is 0 Å². The summed E-state index contributed by atoms with van der Waals surface area (Å²) in [4.78, 5) is 31.3. The number of fused-ring (bicyclic) bond motifs is 10. The summed E-state index contributed by atoms with van der Waals surface area (Å²) in [7, 11) is 0. The van der Waals surface area contributed by atoms with Crippen molar-refractivity contribution in [1.82, 2.24) is 19.9 Å². The Morgan fingerprint density at radius 3 is 2.54 bits per heavy atom. The lowest BCUT2D eigenvalue weighted by Gasteiger charge is -2.49. The summed E-state index contributed by atoms with van der Waals surface area (Å²) >= 11 is 0. The number of benzene rings is 4. The number of aromatic amines is 1. The van der Waals surface area contributed by atoms with Crippen LogP contribution in [0.5, 0.6) is 5.75 Å². The van der Waals surface area contributed by atoms with Gasteiger partial charge in [0, 0.05) is 27.8 Å². The molecule has 4 aromatic carbocycles. The van der Waals surface area contributed by atoms with Crippen molar-refractivity contribution < 1.29 is 9.53 Å². The van der Waals surface area contributed by atoms with E-state index >= 15 is 0 Å². The van der Waals surface area contributed by atoms with Crippen molar-refractivity contribution in [3.05, 3.63) is 77.9 Å². The smallest absolute Gasteiger partial charge is 0.258 e. The summed E-state index contributed by atoms with van der Waals surface area (Å²) < 4.78 is 6.87. The highest BCUT2D eigenvalue weighted by Crippen LogP contribution is 2.56. The molecular weight excluding hydrogens is 510 g/mol. The summed E-state index contributed by atoms with van der Waals surface area (Å²) in [5, 5.41) is 5.04. The summed E-state index contributed by atoms with van der Waals surface area (Å²) in [5.41, 5.74) is 6.33. The second kappa shape index (κ2) is 8.74. The van der Waals surface area contributed by atoms with E-state index in [0.717, 1.165) is 56.9 Å². The van der Waals surface area contributed by atoms with Gasteiger partial charge in [0.15, 0.2) is 0 Å². The second-order valence-electron chi connectivity index (χ2n) is 12.3. The number of anilines is 1. The monoisotopic (exact) mass is 541 g/mol. The van der Waals surface area contributed by atoms with Crippen LogP contribution in [0.2, 0.25) is 0 Å². The highest BCUT2D eigenvalue weighted by molar-refractivity contribution is 6.12. The molecule has 2 aromatic heterocycles. The number of carbonyl (C=O) groups excluding carboxylic acids is 1. The highest BCUT2D eigenvalue weighted by Gasteiger charge is 2.47. The van der Waals surface area contributed by atoms with E-state index in [1.165, 1.54) is 12.0 Å². The van der Waals surface area contributed by atoms with Crippen LogP contribution < -0.4 is 10.1 Å². The zero-order valence-electron chi connectivity index (χ0n) is 23.4. The van der Waals surface area contributed by atoms with Crippen molar-refractivity contribution >= 4 is 55.7 Å². The molecule has 0 spiro atoms. The molecule has 7 nitrogen and oxygen atoms in total.